The number of hydrogen-bond donors (Lipinski definition) is 4. The van der Waals surface area contributed by atoms with Gasteiger partial charge in [-0.15, -0.1) is 0 Å². The van der Waals surface area contributed by atoms with Crippen LogP contribution in [0.2, 0.25) is 5.02 Å². The monoisotopic (exact) mass is 405 g/mol. The first kappa shape index (κ1) is 19.0. The first-order valence-corrected chi connectivity index (χ1v) is 9.19. The molecule has 4 rings (SSSR count). The number of nitrogens with zero attached hydrogens (tertiary/aromatic N) is 4. The minimum atomic E-state index is -1.21. The first-order chi connectivity index (χ1) is 13.5. The van der Waals surface area contributed by atoms with Crippen LogP contribution in [-0.4, -0.2) is 59.8 Å². The van der Waals surface area contributed by atoms with Crippen molar-refractivity contribution in [2.24, 2.45) is 0 Å². The highest BCUT2D eigenvalue weighted by molar-refractivity contribution is 6.30. The van der Waals surface area contributed by atoms with Crippen molar-refractivity contribution in [3.05, 3.63) is 47.5 Å². The van der Waals surface area contributed by atoms with E-state index in [-0.39, 0.29) is 6.04 Å². The van der Waals surface area contributed by atoms with Gasteiger partial charge in [-0.1, -0.05) is 23.7 Å². The highest BCUT2D eigenvalue weighted by atomic mass is 35.5. The van der Waals surface area contributed by atoms with E-state index in [0.717, 1.165) is 5.56 Å². The molecule has 148 valence electrons. The van der Waals surface area contributed by atoms with Crippen molar-refractivity contribution in [3.63, 3.8) is 0 Å². The number of ether oxygens (including phenoxy) is 1. The van der Waals surface area contributed by atoms with E-state index in [2.05, 4.69) is 20.3 Å². The van der Waals surface area contributed by atoms with E-state index >= 15 is 0 Å². The molecule has 3 heterocycles. The fourth-order valence-corrected chi connectivity index (χ4v) is 3.42. The summed E-state index contributed by atoms with van der Waals surface area (Å²) in [6.45, 7) is 1.59. The summed E-state index contributed by atoms with van der Waals surface area (Å²) < 4.78 is 7.10. The molecule has 5 atom stereocenters. The van der Waals surface area contributed by atoms with Crippen molar-refractivity contribution >= 4 is 28.6 Å². The van der Waals surface area contributed by atoms with Gasteiger partial charge in [0.25, 0.3) is 0 Å². The van der Waals surface area contributed by atoms with Crippen molar-refractivity contribution in [3.8, 4) is 0 Å². The van der Waals surface area contributed by atoms with E-state index in [0.29, 0.717) is 22.0 Å². The van der Waals surface area contributed by atoms with Gasteiger partial charge in [-0.05, 0) is 24.6 Å². The van der Waals surface area contributed by atoms with Gasteiger partial charge in [0, 0.05) is 5.02 Å². The normalized spacial score (nSPS) is 25.9. The highest BCUT2D eigenvalue weighted by Crippen LogP contribution is 2.32. The SMILES string of the molecule is C[C@@H](Nc1ncnc2c1ncn2[C@@H]1O[C@H](CO)[C@@H](O)[C@H]1O)c1ccc(Cl)cc1. The van der Waals surface area contributed by atoms with Crippen LogP contribution in [0.3, 0.4) is 0 Å². The number of aliphatic hydroxyl groups excluding tert-OH is 3. The lowest BCUT2D eigenvalue weighted by atomic mass is 10.1. The molecule has 0 bridgehead atoms. The average molecular weight is 406 g/mol. The minimum absolute atomic E-state index is 0.0607. The molecule has 1 aliphatic rings. The number of aliphatic hydroxyl groups is 3. The molecule has 1 aliphatic heterocycles. The lowest BCUT2D eigenvalue weighted by molar-refractivity contribution is -0.0511. The molecule has 0 aliphatic carbocycles. The summed E-state index contributed by atoms with van der Waals surface area (Å²) in [5.74, 6) is 0.526. The molecule has 4 N–H and O–H groups in total. The van der Waals surface area contributed by atoms with Crippen LogP contribution in [0, 0.1) is 0 Å². The van der Waals surface area contributed by atoms with E-state index in [1.165, 1.54) is 17.2 Å². The van der Waals surface area contributed by atoms with Crippen LogP contribution in [0.1, 0.15) is 24.8 Å². The van der Waals surface area contributed by atoms with Gasteiger partial charge < -0.3 is 25.4 Å². The summed E-state index contributed by atoms with van der Waals surface area (Å²) in [7, 11) is 0. The lowest BCUT2D eigenvalue weighted by Gasteiger charge is -2.17. The van der Waals surface area contributed by atoms with Gasteiger partial charge in [0.2, 0.25) is 0 Å². The van der Waals surface area contributed by atoms with Crippen LogP contribution >= 0.6 is 11.6 Å². The number of halogens is 1. The molecule has 3 aromatic rings. The van der Waals surface area contributed by atoms with Crippen molar-refractivity contribution in [1.29, 1.82) is 0 Å². The van der Waals surface area contributed by atoms with Crippen LogP contribution in [0.4, 0.5) is 5.82 Å². The van der Waals surface area contributed by atoms with Crippen LogP contribution < -0.4 is 5.32 Å². The first-order valence-electron chi connectivity index (χ1n) is 8.81. The van der Waals surface area contributed by atoms with Crippen LogP contribution in [0.15, 0.2) is 36.9 Å². The fraction of sp³-hybridized carbons (Fsp3) is 0.389. The van der Waals surface area contributed by atoms with Crippen molar-refractivity contribution in [1.82, 2.24) is 19.5 Å². The number of hydrogen-bond acceptors (Lipinski definition) is 8. The Labute approximate surface area is 165 Å². The number of anilines is 1. The molecule has 2 aromatic heterocycles. The standard InChI is InChI=1S/C18H20ClN5O4/c1-9(10-2-4-11(19)5-3-10)23-16-13-17(21-7-20-16)24(8-22-13)18-15(27)14(26)12(6-25)28-18/h2-5,7-9,12,14-15,18,25-27H,6H2,1H3,(H,20,21,23)/t9-,12-,14-,15-,18-/m1/s1. The maximum atomic E-state index is 10.3. The second kappa shape index (κ2) is 7.61. The zero-order valence-electron chi connectivity index (χ0n) is 15.0. The summed E-state index contributed by atoms with van der Waals surface area (Å²) in [5, 5.41) is 33.5. The molecule has 9 nitrogen and oxygen atoms in total. The number of aromatic nitrogens is 4. The predicted molar refractivity (Wildman–Crippen MR) is 102 cm³/mol. The number of fused-ring (bicyclic) bond motifs is 1. The number of benzene rings is 1. The van der Waals surface area contributed by atoms with Crippen molar-refractivity contribution in [2.45, 2.75) is 37.5 Å². The van der Waals surface area contributed by atoms with E-state index in [1.807, 2.05) is 31.2 Å². The number of nitrogens with one attached hydrogen (secondary N) is 1. The third-order valence-electron chi connectivity index (χ3n) is 4.87. The molecular weight excluding hydrogens is 386 g/mol. The van der Waals surface area contributed by atoms with Crippen LogP contribution in [0.5, 0.6) is 0 Å². The van der Waals surface area contributed by atoms with Crippen molar-refractivity contribution in [2.75, 3.05) is 11.9 Å². The van der Waals surface area contributed by atoms with Gasteiger partial charge in [0.1, 0.15) is 24.6 Å². The third kappa shape index (κ3) is 3.31. The Morgan fingerprint density at radius 1 is 1.18 bits per heavy atom. The van der Waals surface area contributed by atoms with Crippen LogP contribution in [0.25, 0.3) is 11.2 Å². The van der Waals surface area contributed by atoms with E-state index in [1.54, 1.807) is 0 Å². The molecule has 28 heavy (non-hydrogen) atoms. The van der Waals surface area contributed by atoms with Gasteiger partial charge in [0.05, 0.1) is 19.0 Å². The Balaban J connectivity index is 1.63. The number of imidazole rings is 1. The summed E-state index contributed by atoms with van der Waals surface area (Å²) in [4.78, 5) is 12.9. The second-order valence-electron chi connectivity index (χ2n) is 6.69. The zero-order chi connectivity index (χ0) is 19.8. The van der Waals surface area contributed by atoms with Crippen LogP contribution in [-0.2, 0) is 4.74 Å². The number of rotatable bonds is 5. The largest absolute Gasteiger partial charge is 0.394 e. The second-order valence-corrected chi connectivity index (χ2v) is 7.13. The zero-order valence-corrected chi connectivity index (χ0v) is 15.7. The Hall–Kier alpha value is -2.30. The molecular formula is C18H20ClN5O4. The Morgan fingerprint density at radius 2 is 1.93 bits per heavy atom. The molecule has 10 heteroatoms. The molecule has 0 amide bonds. The van der Waals surface area contributed by atoms with E-state index in [4.69, 9.17) is 16.3 Å². The summed E-state index contributed by atoms with van der Waals surface area (Å²) >= 11 is 5.94. The molecule has 1 fully saturated rings. The molecule has 0 saturated carbocycles. The molecule has 1 saturated heterocycles. The average Bonchev–Trinajstić information content (AvgIpc) is 3.24. The van der Waals surface area contributed by atoms with Gasteiger partial charge in [-0.25, -0.2) is 15.0 Å². The minimum Gasteiger partial charge on any atom is -0.394 e. The van der Waals surface area contributed by atoms with Gasteiger partial charge >= 0.3 is 0 Å². The maximum absolute atomic E-state index is 10.3. The molecule has 0 unspecified atom stereocenters. The topological polar surface area (TPSA) is 126 Å². The fourth-order valence-electron chi connectivity index (χ4n) is 3.29. The highest BCUT2D eigenvalue weighted by Gasteiger charge is 2.44. The summed E-state index contributed by atoms with van der Waals surface area (Å²) in [5.41, 5.74) is 1.97. The van der Waals surface area contributed by atoms with Crippen molar-refractivity contribution < 1.29 is 20.1 Å². The summed E-state index contributed by atoms with van der Waals surface area (Å²) in [6, 6.07) is 7.43. The van der Waals surface area contributed by atoms with Gasteiger partial charge in [-0.3, -0.25) is 4.57 Å². The Morgan fingerprint density at radius 3 is 2.61 bits per heavy atom. The third-order valence-corrected chi connectivity index (χ3v) is 5.13. The molecule has 0 radical (unpaired) electrons. The molecule has 0 spiro atoms. The lowest BCUT2D eigenvalue weighted by Crippen LogP contribution is -2.33. The van der Waals surface area contributed by atoms with E-state index in [9.17, 15) is 15.3 Å². The van der Waals surface area contributed by atoms with Gasteiger partial charge in [0.15, 0.2) is 23.2 Å². The quantitative estimate of drug-likeness (QED) is 0.500. The van der Waals surface area contributed by atoms with E-state index < -0.39 is 31.1 Å². The Bertz CT molecular complexity index is 966. The van der Waals surface area contributed by atoms with Gasteiger partial charge in [-0.2, -0.15) is 0 Å². The summed E-state index contributed by atoms with van der Waals surface area (Å²) in [6.07, 6.45) is -1.34. The molecule has 1 aromatic carbocycles. The smallest absolute Gasteiger partial charge is 0.167 e. The predicted octanol–water partition coefficient (Wildman–Crippen LogP) is 1.26. The maximum Gasteiger partial charge on any atom is 0.167 e. The Kier molecular flexibility index (Phi) is 5.17.